The number of benzene rings is 1. The first-order valence-electron chi connectivity index (χ1n) is 5.40. The van der Waals surface area contributed by atoms with Crippen LogP contribution in [0.1, 0.15) is 15.9 Å². The summed E-state index contributed by atoms with van der Waals surface area (Å²) in [5.74, 6) is -0.00970. The molecule has 0 aliphatic carbocycles. The second-order valence-corrected chi connectivity index (χ2v) is 4.17. The van der Waals surface area contributed by atoms with E-state index in [0.29, 0.717) is 12.1 Å². The average molecular weight is 262 g/mol. The number of halogens is 1. The van der Waals surface area contributed by atoms with Gasteiger partial charge in [0.1, 0.15) is 5.82 Å². The van der Waals surface area contributed by atoms with Crippen molar-refractivity contribution in [2.75, 3.05) is 5.73 Å². The summed E-state index contributed by atoms with van der Waals surface area (Å²) >= 11 is 5.81. The van der Waals surface area contributed by atoms with Crippen molar-refractivity contribution in [2.24, 2.45) is 0 Å². The molecule has 1 amide bonds. The van der Waals surface area contributed by atoms with E-state index in [2.05, 4.69) is 10.3 Å². The van der Waals surface area contributed by atoms with Crippen molar-refractivity contribution in [3.63, 3.8) is 0 Å². The predicted octanol–water partition coefficient (Wildman–Crippen LogP) is 2.25. The quantitative estimate of drug-likeness (QED) is 0.890. The summed E-state index contributed by atoms with van der Waals surface area (Å²) in [6.45, 7) is 0.460. The molecule has 0 fully saturated rings. The maximum Gasteiger partial charge on any atom is 0.253 e. The number of anilines is 1. The Morgan fingerprint density at radius 1 is 1.33 bits per heavy atom. The number of aromatic nitrogens is 1. The van der Waals surface area contributed by atoms with Gasteiger partial charge in [-0.25, -0.2) is 4.98 Å². The summed E-state index contributed by atoms with van der Waals surface area (Å²) < 4.78 is 0. The molecule has 0 atom stereocenters. The van der Waals surface area contributed by atoms with Gasteiger partial charge in [-0.05, 0) is 11.6 Å². The molecule has 0 aliphatic rings. The van der Waals surface area contributed by atoms with Gasteiger partial charge in [0.25, 0.3) is 5.91 Å². The number of amides is 1. The average Bonchev–Trinajstić information content (AvgIpc) is 2.40. The Bertz CT molecular complexity index is 557. The van der Waals surface area contributed by atoms with Crippen LogP contribution in [-0.4, -0.2) is 10.9 Å². The molecule has 92 valence electrons. The summed E-state index contributed by atoms with van der Waals surface area (Å²) in [5, 5.41) is 3.06. The van der Waals surface area contributed by atoms with E-state index < -0.39 is 0 Å². The first-order chi connectivity index (χ1) is 8.66. The van der Waals surface area contributed by atoms with Crippen LogP contribution >= 0.6 is 11.6 Å². The van der Waals surface area contributed by atoms with Crippen molar-refractivity contribution >= 4 is 23.3 Å². The highest BCUT2D eigenvalue weighted by atomic mass is 35.5. The standard InChI is InChI=1S/C13H12ClN3O/c14-11-6-10(8-16-12(11)15)13(18)17-7-9-4-2-1-3-5-9/h1-6,8H,7H2,(H2,15,16)(H,17,18). The lowest BCUT2D eigenvalue weighted by molar-refractivity contribution is 0.0950. The van der Waals surface area contributed by atoms with Gasteiger partial charge < -0.3 is 11.1 Å². The maximum absolute atomic E-state index is 11.8. The number of hydrogen-bond acceptors (Lipinski definition) is 3. The molecule has 0 radical (unpaired) electrons. The van der Waals surface area contributed by atoms with Crippen LogP contribution < -0.4 is 11.1 Å². The molecule has 0 aliphatic heterocycles. The van der Waals surface area contributed by atoms with E-state index in [4.69, 9.17) is 17.3 Å². The number of nitrogens with zero attached hydrogens (tertiary/aromatic N) is 1. The first-order valence-corrected chi connectivity index (χ1v) is 5.78. The Morgan fingerprint density at radius 3 is 2.72 bits per heavy atom. The lowest BCUT2D eigenvalue weighted by Gasteiger charge is -2.06. The molecule has 5 heteroatoms. The molecule has 0 saturated carbocycles. The molecule has 2 aromatic rings. The van der Waals surface area contributed by atoms with Crippen molar-refractivity contribution in [2.45, 2.75) is 6.54 Å². The van der Waals surface area contributed by atoms with Crippen molar-refractivity contribution in [1.29, 1.82) is 0 Å². The van der Waals surface area contributed by atoms with Gasteiger partial charge in [0.2, 0.25) is 0 Å². The van der Waals surface area contributed by atoms with Crippen molar-refractivity contribution < 1.29 is 4.79 Å². The minimum absolute atomic E-state index is 0.219. The van der Waals surface area contributed by atoms with E-state index in [-0.39, 0.29) is 16.7 Å². The molecule has 0 unspecified atom stereocenters. The summed E-state index contributed by atoms with van der Waals surface area (Å²) in [6, 6.07) is 11.1. The van der Waals surface area contributed by atoms with Gasteiger partial charge in [-0.1, -0.05) is 41.9 Å². The molecule has 0 saturated heterocycles. The van der Waals surface area contributed by atoms with E-state index in [0.717, 1.165) is 5.56 Å². The van der Waals surface area contributed by atoms with Gasteiger partial charge in [-0.2, -0.15) is 0 Å². The van der Waals surface area contributed by atoms with Crippen LogP contribution in [0.15, 0.2) is 42.6 Å². The van der Waals surface area contributed by atoms with E-state index in [1.54, 1.807) is 0 Å². The normalized spacial score (nSPS) is 10.1. The smallest absolute Gasteiger partial charge is 0.253 e. The van der Waals surface area contributed by atoms with Gasteiger partial charge >= 0.3 is 0 Å². The van der Waals surface area contributed by atoms with Gasteiger partial charge in [0, 0.05) is 12.7 Å². The minimum atomic E-state index is -0.228. The van der Waals surface area contributed by atoms with Gasteiger partial charge in [0.05, 0.1) is 10.6 Å². The Balaban J connectivity index is 2.02. The molecular formula is C13H12ClN3O. The number of hydrogen-bond donors (Lipinski definition) is 2. The zero-order chi connectivity index (χ0) is 13.0. The van der Waals surface area contributed by atoms with Crippen LogP contribution in [0, 0.1) is 0 Å². The lowest BCUT2D eigenvalue weighted by atomic mass is 10.2. The number of carbonyl (C=O) groups is 1. The predicted molar refractivity (Wildman–Crippen MR) is 71.3 cm³/mol. The SMILES string of the molecule is Nc1ncc(C(=O)NCc2ccccc2)cc1Cl. The number of nitrogens with two attached hydrogens (primary N) is 1. The molecule has 2 rings (SSSR count). The Morgan fingerprint density at radius 2 is 2.06 bits per heavy atom. The zero-order valence-corrected chi connectivity index (χ0v) is 10.3. The summed E-state index contributed by atoms with van der Waals surface area (Å²) in [4.78, 5) is 15.7. The number of pyridine rings is 1. The number of nitrogen functional groups attached to an aromatic ring is 1. The highest BCUT2D eigenvalue weighted by Crippen LogP contribution is 2.16. The van der Waals surface area contributed by atoms with Crippen LogP contribution in [0.3, 0.4) is 0 Å². The highest BCUT2D eigenvalue weighted by molar-refractivity contribution is 6.33. The molecule has 1 aromatic heterocycles. The highest BCUT2D eigenvalue weighted by Gasteiger charge is 2.08. The van der Waals surface area contributed by atoms with E-state index in [1.165, 1.54) is 12.3 Å². The number of rotatable bonds is 3. The van der Waals surface area contributed by atoms with Gasteiger partial charge in [0.15, 0.2) is 0 Å². The molecule has 4 nitrogen and oxygen atoms in total. The molecule has 1 heterocycles. The van der Waals surface area contributed by atoms with Crippen LogP contribution in [0.5, 0.6) is 0 Å². The van der Waals surface area contributed by atoms with Crippen LogP contribution in [0.2, 0.25) is 5.02 Å². The molecular weight excluding hydrogens is 250 g/mol. The van der Waals surface area contributed by atoms with Crippen molar-refractivity contribution in [3.05, 3.63) is 58.7 Å². The Kier molecular flexibility index (Phi) is 3.79. The van der Waals surface area contributed by atoms with Crippen molar-refractivity contribution in [3.8, 4) is 0 Å². The topological polar surface area (TPSA) is 68.0 Å². The fourth-order valence-electron chi connectivity index (χ4n) is 1.45. The molecule has 0 bridgehead atoms. The Hall–Kier alpha value is -2.07. The van der Waals surface area contributed by atoms with E-state index in [1.807, 2.05) is 30.3 Å². The van der Waals surface area contributed by atoms with Crippen molar-refractivity contribution in [1.82, 2.24) is 10.3 Å². The van der Waals surface area contributed by atoms with Crippen LogP contribution in [0.4, 0.5) is 5.82 Å². The fraction of sp³-hybridized carbons (Fsp3) is 0.0769. The minimum Gasteiger partial charge on any atom is -0.382 e. The second-order valence-electron chi connectivity index (χ2n) is 3.76. The number of nitrogens with one attached hydrogen (secondary N) is 1. The molecule has 18 heavy (non-hydrogen) atoms. The van der Waals surface area contributed by atoms with E-state index >= 15 is 0 Å². The monoisotopic (exact) mass is 261 g/mol. The van der Waals surface area contributed by atoms with Gasteiger partial charge in [-0.15, -0.1) is 0 Å². The molecule has 0 spiro atoms. The first kappa shape index (κ1) is 12.4. The van der Waals surface area contributed by atoms with Crippen LogP contribution in [0.25, 0.3) is 0 Å². The second kappa shape index (κ2) is 5.51. The lowest BCUT2D eigenvalue weighted by Crippen LogP contribution is -2.23. The largest absolute Gasteiger partial charge is 0.382 e. The maximum atomic E-state index is 11.8. The summed E-state index contributed by atoms with van der Waals surface area (Å²) in [7, 11) is 0. The fourth-order valence-corrected chi connectivity index (χ4v) is 1.62. The molecule has 1 aromatic carbocycles. The summed E-state index contributed by atoms with van der Waals surface area (Å²) in [6.07, 6.45) is 1.40. The van der Waals surface area contributed by atoms with Gasteiger partial charge in [-0.3, -0.25) is 4.79 Å². The third kappa shape index (κ3) is 2.99. The third-order valence-electron chi connectivity index (χ3n) is 2.43. The Labute approximate surface area is 110 Å². The van der Waals surface area contributed by atoms with Crippen LogP contribution in [-0.2, 0) is 6.54 Å². The third-order valence-corrected chi connectivity index (χ3v) is 2.73. The molecule has 3 N–H and O–H groups in total. The van der Waals surface area contributed by atoms with E-state index in [9.17, 15) is 4.79 Å². The number of carbonyl (C=O) groups excluding carboxylic acids is 1. The summed E-state index contributed by atoms with van der Waals surface area (Å²) in [5.41, 5.74) is 6.90. The zero-order valence-electron chi connectivity index (χ0n) is 9.56.